The maximum absolute atomic E-state index is 11.4. The summed E-state index contributed by atoms with van der Waals surface area (Å²) in [6.45, 7) is 1.89. The number of nitrogens with zero attached hydrogens (tertiary/aromatic N) is 3. The Hall–Kier alpha value is -0.860. The van der Waals surface area contributed by atoms with E-state index in [1.807, 2.05) is 18.2 Å². The molecule has 1 aromatic carbocycles. The van der Waals surface area contributed by atoms with Crippen LogP contribution in [0.25, 0.3) is 21.5 Å². The summed E-state index contributed by atoms with van der Waals surface area (Å²) in [5, 5.41) is 43.7. The molecule has 0 bridgehead atoms. The van der Waals surface area contributed by atoms with Crippen LogP contribution in [0.1, 0.15) is 64.2 Å². The van der Waals surface area contributed by atoms with Gasteiger partial charge in [0.1, 0.15) is 0 Å². The number of hydrogen-bond donors (Lipinski definition) is 0. The van der Waals surface area contributed by atoms with Crippen molar-refractivity contribution < 1.29 is 15.3 Å². The summed E-state index contributed by atoms with van der Waals surface area (Å²) in [4.78, 5) is 3.97. The van der Waals surface area contributed by atoms with Gasteiger partial charge in [-0.05, 0) is 11.5 Å². The Kier molecular flexibility index (Phi) is 11.4. The van der Waals surface area contributed by atoms with Crippen LogP contribution >= 0.6 is 0 Å². The number of pyridine rings is 1. The molecule has 0 radical (unpaired) electrons. The van der Waals surface area contributed by atoms with E-state index in [0.29, 0.717) is 17.4 Å². The molecule has 3 heterocycles. The van der Waals surface area contributed by atoms with Gasteiger partial charge in [0.15, 0.2) is 0 Å². The largest absolute Gasteiger partial charge is 3.00 e. The van der Waals surface area contributed by atoms with Gasteiger partial charge in [-0.25, -0.2) is 0 Å². The molecule has 2 aliphatic carbocycles. The summed E-state index contributed by atoms with van der Waals surface area (Å²) >= 11 is 0. The van der Waals surface area contributed by atoms with Gasteiger partial charge < -0.3 is 26.0 Å². The van der Waals surface area contributed by atoms with Crippen LogP contribution in [0.15, 0.2) is 36.5 Å². The van der Waals surface area contributed by atoms with Crippen molar-refractivity contribution in [3.8, 4) is 5.75 Å². The zero-order chi connectivity index (χ0) is 23.0. The Morgan fingerprint density at radius 2 is 1.24 bits per heavy atom. The second-order valence-electron chi connectivity index (χ2n) is 9.87. The molecule has 6 atom stereocenters. The van der Waals surface area contributed by atoms with Gasteiger partial charge in [0.05, 0.1) is 5.52 Å². The van der Waals surface area contributed by atoms with Crippen LogP contribution < -0.4 is 15.3 Å². The molecule has 2 saturated carbocycles. The maximum atomic E-state index is 11.4. The van der Waals surface area contributed by atoms with E-state index in [4.69, 9.17) is 0 Å². The minimum atomic E-state index is -0.367. The summed E-state index contributed by atoms with van der Waals surface area (Å²) in [5.74, 6) is 1.29. The van der Waals surface area contributed by atoms with Gasteiger partial charge in [-0.15, -0.1) is 37.4 Å². The van der Waals surface area contributed by atoms with Gasteiger partial charge in [-0.1, -0.05) is 106 Å². The predicted octanol–water partition coefficient (Wildman–Crippen LogP) is 3.03. The van der Waals surface area contributed by atoms with Gasteiger partial charge >= 0.3 is 25.8 Å². The number of hydrogen-bond acceptors (Lipinski definition) is 4. The molecule has 6 nitrogen and oxygen atoms in total. The molecule has 0 N–H and O–H groups in total. The standard InChI is InChI=1S/2C9H15NO.C9H7NO.In/c3*11-8-5-1-3-7-4-2-6-10-9(7)8;/h2*7-9H,1-6H2;1-6,11H;/q2*-2;;+3/p-1. The molecule has 6 unspecified atom stereocenters. The van der Waals surface area contributed by atoms with Crippen molar-refractivity contribution in [3.05, 3.63) is 47.2 Å². The summed E-state index contributed by atoms with van der Waals surface area (Å²) in [6, 6.07) is 9.23. The van der Waals surface area contributed by atoms with E-state index in [2.05, 4.69) is 15.6 Å². The van der Waals surface area contributed by atoms with Crippen molar-refractivity contribution in [2.45, 2.75) is 88.5 Å². The van der Waals surface area contributed by atoms with Gasteiger partial charge in [-0.2, -0.15) is 0 Å². The third kappa shape index (κ3) is 7.33. The second kappa shape index (κ2) is 14.0. The first-order valence-corrected chi connectivity index (χ1v) is 12.8. The zero-order valence-electron chi connectivity index (χ0n) is 20.1. The number of rotatable bonds is 0. The van der Waals surface area contributed by atoms with Crippen LogP contribution in [0.3, 0.4) is 0 Å². The number of para-hydroxylation sites is 1. The van der Waals surface area contributed by atoms with Gasteiger partial charge in [0.25, 0.3) is 0 Å². The second-order valence-corrected chi connectivity index (χ2v) is 9.87. The Bertz CT molecular complexity index is 829. The molecule has 2 saturated heterocycles. The maximum Gasteiger partial charge on any atom is 3.00 e. The van der Waals surface area contributed by atoms with E-state index in [1.54, 1.807) is 12.3 Å². The topological polar surface area (TPSA) is 110 Å². The first-order valence-electron chi connectivity index (χ1n) is 12.8. The van der Waals surface area contributed by atoms with E-state index in [9.17, 15) is 15.3 Å². The molecule has 4 fully saturated rings. The molecule has 1 aromatic heterocycles. The van der Waals surface area contributed by atoms with Gasteiger partial charge in [0.2, 0.25) is 0 Å². The van der Waals surface area contributed by atoms with Crippen molar-refractivity contribution in [2.24, 2.45) is 11.8 Å². The molecule has 182 valence electrons. The average Bonchev–Trinajstić information content (AvgIpc) is 2.86. The van der Waals surface area contributed by atoms with E-state index in [1.165, 1.54) is 44.6 Å². The van der Waals surface area contributed by atoms with Crippen LogP contribution in [0.5, 0.6) is 5.75 Å². The third-order valence-corrected chi connectivity index (χ3v) is 7.60. The average molecular weight is 565 g/mol. The minimum absolute atomic E-state index is 0. The molecule has 7 heteroatoms. The quantitative estimate of drug-likeness (QED) is 0.489. The fourth-order valence-corrected chi connectivity index (χ4v) is 5.88. The molecule has 2 aromatic rings. The molecule has 34 heavy (non-hydrogen) atoms. The molecule has 6 rings (SSSR count). The summed E-state index contributed by atoms with van der Waals surface area (Å²) in [6.07, 6.45) is 12.4. The minimum Gasteiger partial charge on any atom is -0.871 e. The van der Waals surface area contributed by atoms with E-state index in [0.717, 1.165) is 44.2 Å². The Balaban J connectivity index is 0.000000141. The molecular formula is C27H36InN3O3-2. The molecular weight excluding hydrogens is 529 g/mol. The number of fused-ring (bicyclic) bond motifs is 3. The van der Waals surface area contributed by atoms with E-state index < -0.39 is 0 Å². The SMILES string of the molecule is [In+3].[O-]C1CCCC2CCC[N-]C12.[O-]C1CCCC2CCC[N-]C12.[O-]c1cccc2cccnc12. The van der Waals surface area contributed by atoms with Crippen LogP contribution in [0.4, 0.5) is 0 Å². The normalized spacial score (nSPS) is 32.4. The monoisotopic (exact) mass is 565 g/mol. The fourth-order valence-electron chi connectivity index (χ4n) is 5.88. The van der Waals surface area contributed by atoms with Gasteiger partial charge in [0, 0.05) is 6.20 Å². The summed E-state index contributed by atoms with van der Waals surface area (Å²) in [5.41, 5.74) is 0.551. The molecule has 0 amide bonds. The smallest absolute Gasteiger partial charge is 0.871 e. The molecule has 0 spiro atoms. The van der Waals surface area contributed by atoms with Crippen LogP contribution in [-0.4, -0.2) is 68.2 Å². The van der Waals surface area contributed by atoms with Gasteiger partial charge in [-0.3, -0.25) is 4.98 Å². The number of piperidine rings is 2. The van der Waals surface area contributed by atoms with Crippen molar-refractivity contribution >= 4 is 36.7 Å². The summed E-state index contributed by atoms with van der Waals surface area (Å²) < 4.78 is 0. The van der Waals surface area contributed by atoms with E-state index >= 15 is 0 Å². The number of aromatic nitrogens is 1. The van der Waals surface area contributed by atoms with Crippen LogP contribution in [0, 0.1) is 11.8 Å². The van der Waals surface area contributed by atoms with Crippen molar-refractivity contribution in [1.29, 1.82) is 0 Å². The van der Waals surface area contributed by atoms with Crippen LogP contribution in [0.2, 0.25) is 0 Å². The Labute approximate surface area is 222 Å². The van der Waals surface area contributed by atoms with E-state index in [-0.39, 0.29) is 55.9 Å². The Morgan fingerprint density at radius 1 is 0.706 bits per heavy atom. The number of benzene rings is 1. The zero-order valence-corrected chi connectivity index (χ0v) is 23.4. The Morgan fingerprint density at radius 3 is 1.76 bits per heavy atom. The van der Waals surface area contributed by atoms with Crippen molar-refractivity contribution in [1.82, 2.24) is 4.98 Å². The third-order valence-electron chi connectivity index (χ3n) is 7.60. The predicted molar refractivity (Wildman–Crippen MR) is 132 cm³/mol. The fraction of sp³-hybridized carbons (Fsp3) is 0.667. The summed E-state index contributed by atoms with van der Waals surface area (Å²) in [7, 11) is 0. The van der Waals surface area contributed by atoms with Crippen molar-refractivity contribution in [3.63, 3.8) is 0 Å². The van der Waals surface area contributed by atoms with Crippen molar-refractivity contribution in [2.75, 3.05) is 13.1 Å². The first-order chi connectivity index (χ1) is 16.1. The molecule has 4 aliphatic rings. The molecule has 2 aliphatic heterocycles. The first kappa shape index (κ1) is 27.7. The van der Waals surface area contributed by atoms with Crippen LogP contribution in [-0.2, 0) is 0 Å².